The van der Waals surface area contributed by atoms with Crippen molar-refractivity contribution in [2.75, 3.05) is 6.61 Å². The van der Waals surface area contributed by atoms with E-state index in [9.17, 15) is 22.4 Å². The Morgan fingerprint density at radius 1 is 1.04 bits per heavy atom. The van der Waals surface area contributed by atoms with E-state index in [0.29, 0.717) is 0 Å². The number of halogens is 1. The number of sulfonamides is 1. The molecule has 2 aromatic carbocycles. The average Bonchev–Trinajstić information content (AvgIpc) is 2.66. The average molecular weight is 408 g/mol. The van der Waals surface area contributed by atoms with Gasteiger partial charge in [-0.3, -0.25) is 9.59 Å². The summed E-state index contributed by atoms with van der Waals surface area (Å²) in [6.45, 7) is 2.53. The van der Waals surface area contributed by atoms with Crippen LogP contribution in [0.25, 0.3) is 0 Å². The number of hydrogen-bond acceptors (Lipinski definition) is 5. The van der Waals surface area contributed by atoms with Crippen LogP contribution >= 0.6 is 0 Å². The molecule has 0 aliphatic heterocycles. The van der Waals surface area contributed by atoms with E-state index in [-0.39, 0.29) is 10.9 Å². The predicted octanol–water partition coefficient (Wildman–Crippen LogP) is 1.91. The molecule has 1 amide bonds. The monoisotopic (exact) mass is 408 g/mol. The highest BCUT2D eigenvalue weighted by molar-refractivity contribution is 7.89. The lowest BCUT2D eigenvalue weighted by Crippen LogP contribution is -2.41. The lowest BCUT2D eigenvalue weighted by Gasteiger charge is -2.16. The summed E-state index contributed by atoms with van der Waals surface area (Å²) in [4.78, 5) is 23.7. The lowest BCUT2D eigenvalue weighted by atomic mass is 10.1. The minimum absolute atomic E-state index is 0.192. The maximum atomic E-state index is 12.9. The highest BCUT2D eigenvalue weighted by Gasteiger charge is 2.24. The second-order valence-corrected chi connectivity index (χ2v) is 7.82. The molecule has 0 saturated carbocycles. The molecule has 0 radical (unpaired) electrons. The number of hydrogen-bond donors (Lipinski definition) is 2. The topological polar surface area (TPSA) is 102 Å². The van der Waals surface area contributed by atoms with Crippen molar-refractivity contribution < 1.29 is 27.1 Å². The molecule has 0 heterocycles. The third kappa shape index (κ3) is 6.14. The Balaban J connectivity index is 1.85. The Kier molecular flexibility index (Phi) is 7.24. The second kappa shape index (κ2) is 9.43. The molecule has 7 nitrogen and oxygen atoms in total. The molecule has 2 aromatic rings. The Hall–Kier alpha value is -2.78. The van der Waals surface area contributed by atoms with Crippen LogP contribution in [0.2, 0.25) is 0 Å². The fourth-order valence-electron chi connectivity index (χ4n) is 2.33. The quantitative estimate of drug-likeness (QED) is 0.650. The third-order valence-corrected chi connectivity index (χ3v) is 5.39. The highest BCUT2D eigenvalue weighted by Crippen LogP contribution is 2.12. The number of amides is 1. The predicted molar refractivity (Wildman–Crippen MR) is 100 cm³/mol. The van der Waals surface area contributed by atoms with Gasteiger partial charge >= 0.3 is 5.97 Å². The van der Waals surface area contributed by atoms with Crippen LogP contribution in [0.4, 0.5) is 4.39 Å². The Labute approximate surface area is 163 Å². The number of ether oxygens (including phenoxy) is 1. The standard InChI is InChI=1S/C19H21FN2O5S/c1-13(15-6-4-3-5-7-15)21-18(23)12-27-19(24)14(2)22-28(25,26)17-10-8-16(20)9-11-17/h3-11,13-14,22H,12H2,1-2H3,(H,21,23)/t13-,14+/m1/s1. The molecule has 0 aliphatic carbocycles. The first-order chi connectivity index (χ1) is 13.2. The number of carbonyl (C=O) groups is 2. The minimum atomic E-state index is -4.03. The molecule has 2 rings (SSSR count). The number of carbonyl (C=O) groups excluding carboxylic acids is 2. The Bertz CT molecular complexity index is 917. The van der Waals surface area contributed by atoms with Crippen LogP contribution in [-0.2, 0) is 24.3 Å². The fraction of sp³-hybridized carbons (Fsp3) is 0.263. The van der Waals surface area contributed by atoms with Gasteiger partial charge in [0.15, 0.2) is 6.61 Å². The van der Waals surface area contributed by atoms with Crippen molar-refractivity contribution in [3.05, 3.63) is 66.0 Å². The van der Waals surface area contributed by atoms with Gasteiger partial charge in [-0.1, -0.05) is 30.3 Å². The van der Waals surface area contributed by atoms with Crippen LogP contribution in [0.3, 0.4) is 0 Å². The SMILES string of the molecule is C[C@H](NS(=O)(=O)c1ccc(F)cc1)C(=O)OCC(=O)N[C@H](C)c1ccccc1. The Morgan fingerprint density at radius 2 is 1.64 bits per heavy atom. The van der Waals surface area contributed by atoms with Crippen LogP contribution < -0.4 is 10.0 Å². The molecule has 0 saturated heterocycles. The van der Waals surface area contributed by atoms with E-state index in [4.69, 9.17) is 4.74 Å². The molecule has 0 spiro atoms. The van der Waals surface area contributed by atoms with Crippen molar-refractivity contribution in [1.82, 2.24) is 10.0 Å². The van der Waals surface area contributed by atoms with E-state index < -0.39 is 40.4 Å². The van der Waals surface area contributed by atoms with Crippen LogP contribution in [0.5, 0.6) is 0 Å². The highest BCUT2D eigenvalue weighted by atomic mass is 32.2. The van der Waals surface area contributed by atoms with Crippen molar-refractivity contribution in [1.29, 1.82) is 0 Å². The normalized spacial score (nSPS) is 13.4. The summed E-state index contributed by atoms with van der Waals surface area (Å²) in [5.41, 5.74) is 0.891. The molecule has 0 bridgehead atoms. The van der Waals surface area contributed by atoms with Crippen LogP contribution in [-0.4, -0.2) is 32.9 Å². The minimum Gasteiger partial charge on any atom is -0.454 e. The smallest absolute Gasteiger partial charge is 0.324 e. The van der Waals surface area contributed by atoms with Gasteiger partial charge in [-0.2, -0.15) is 4.72 Å². The summed E-state index contributed by atoms with van der Waals surface area (Å²) in [5, 5.41) is 2.68. The van der Waals surface area contributed by atoms with Crippen molar-refractivity contribution in [3.63, 3.8) is 0 Å². The summed E-state index contributed by atoms with van der Waals surface area (Å²) in [6, 6.07) is 11.9. The van der Waals surface area contributed by atoms with Crippen LogP contribution in [0.1, 0.15) is 25.5 Å². The summed E-state index contributed by atoms with van der Waals surface area (Å²) < 4.78 is 44.3. The largest absolute Gasteiger partial charge is 0.454 e. The first-order valence-electron chi connectivity index (χ1n) is 8.48. The van der Waals surface area contributed by atoms with Gasteiger partial charge in [-0.25, -0.2) is 12.8 Å². The maximum Gasteiger partial charge on any atom is 0.324 e. The summed E-state index contributed by atoms with van der Waals surface area (Å²) >= 11 is 0. The zero-order valence-electron chi connectivity index (χ0n) is 15.4. The van der Waals surface area contributed by atoms with E-state index >= 15 is 0 Å². The molecule has 150 valence electrons. The maximum absolute atomic E-state index is 12.9. The van der Waals surface area contributed by atoms with E-state index in [1.807, 2.05) is 30.3 Å². The third-order valence-electron chi connectivity index (χ3n) is 3.83. The zero-order chi connectivity index (χ0) is 20.7. The van der Waals surface area contributed by atoms with Gasteiger partial charge in [-0.15, -0.1) is 0 Å². The molecule has 2 N–H and O–H groups in total. The van der Waals surface area contributed by atoms with Crippen molar-refractivity contribution >= 4 is 21.9 Å². The van der Waals surface area contributed by atoms with Gasteiger partial charge in [0, 0.05) is 0 Å². The van der Waals surface area contributed by atoms with Gasteiger partial charge < -0.3 is 10.1 Å². The summed E-state index contributed by atoms with van der Waals surface area (Å²) in [6.07, 6.45) is 0. The van der Waals surface area contributed by atoms with Gasteiger partial charge in [0.05, 0.1) is 10.9 Å². The first-order valence-corrected chi connectivity index (χ1v) is 9.96. The number of benzene rings is 2. The number of rotatable bonds is 8. The molecular formula is C19H21FN2O5S. The van der Waals surface area contributed by atoms with E-state index in [1.165, 1.54) is 6.92 Å². The first kappa shape index (κ1) is 21.5. The van der Waals surface area contributed by atoms with Crippen molar-refractivity contribution in [2.45, 2.75) is 30.8 Å². The van der Waals surface area contributed by atoms with Crippen molar-refractivity contribution in [3.8, 4) is 0 Å². The number of nitrogens with one attached hydrogen (secondary N) is 2. The second-order valence-electron chi connectivity index (χ2n) is 6.10. The zero-order valence-corrected chi connectivity index (χ0v) is 16.2. The van der Waals surface area contributed by atoms with E-state index in [0.717, 1.165) is 29.8 Å². The van der Waals surface area contributed by atoms with Gasteiger partial charge in [-0.05, 0) is 43.7 Å². The van der Waals surface area contributed by atoms with Crippen LogP contribution in [0.15, 0.2) is 59.5 Å². The molecule has 28 heavy (non-hydrogen) atoms. The summed E-state index contributed by atoms with van der Waals surface area (Å²) in [5.74, 6) is -2.01. The summed E-state index contributed by atoms with van der Waals surface area (Å²) in [7, 11) is -4.03. The lowest BCUT2D eigenvalue weighted by molar-refractivity contribution is -0.149. The Morgan fingerprint density at radius 3 is 2.25 bits per heavy atom. The van der Waals surface area contributed by atoms with Crippen molar-refractivity contribution in [2.24, 2.45) is 0 Å². The van der Waals surface area contributed by atoms with E-state index in [2.05, 4.69) is 10.0 Å². The van der Waals surface area contributed by atoms with E-state index in [1.54, 1.807) is 6.92 Å². The fourth-order valence-corrected chi connectivity index (χ4v) is 3.52. The molecule has 0 unspecified atom stereocenters. The van der Waals surface area contributed by atoms with Gasteiger partial charge in [0.2, 0.25) is 10.0 Å². The van der Waals surface area contributed by atoms with Gasteiger partial charge in [0.25, 0.3) is 5.91 Å². The van der Waals surface area contributed by atoms with Crippen LogP contribution in [0, 0.1) is 5.82 Å². The molecule has 0 aromatic heterocycles. The molecule has 9 heteroatoms. The molecule has 0 fully saturated rings. The van der Waals surface area contributed by atoms with Gasteiger partial charge in [0.1, 0.15) is 11.9 Å². The molecule has 2 atom stereocenters. The number of esters is 1. The molecular weight excluding hydrogens is 387 g/mol. The molecule has 0 aliphatic rings.